The molecule has 1 aliphatic carbocycles. The van der Waals surface area contributed by atoms with Gasteiger partial charge in [0, 0.05) is 6.54 Å². The number of aryl methyl sites for hydroxylation is 1. The molecule has 0 aromatic carbocycles. The molecule has 1 aromatic rings. The lowest BCUT2D eigenvalue weighted by atomic mass is 10.4. The molecule has 0 spiro atoms. The molecule has 1 fully saturated rings. The fourth-order valence-electron chi connectivity index (χ4n) is 1.02. The fourth-order valence-corrected chi connectivity index (χ4v) is 1.19. The van der Waals surface area contributed by atoms with Crippen LogP contribution in [-0.2, 0) is 0 Å². The molecule has 0 amide bonds. The van der Waals surface area contributed by atoms with Crippen LogP contribution in [-0.4, -0.2) is 21.7 Å². The van der Waals surface area contributed by atoms with E-state index >= 15 is 0 Å². The zero-order valence-corrected chi connectivity index (χ0v) is 9.00. The standard InChI is InChI=1S/C8H11BrN4/c1-5-7(9)12-13-8(11-5)10-4-6-2-3-6/h6H,2-4H2,1H3,(H,10,11,13). The molecule has 0 bridgehead atoms. The van der Waals surface area contributed by atoms with Crippen molar-refractivity contribution in [3.05, 3.63) is 10.3 Å². The molecule has 1 aliphatic rings. The summed E-state index contributed by atoms with van der Waals surface area (Å²) >= 11 is 3.26. The molecule has 2 rings (SSSR count). The van der Waals surface area contributed by atoms with E-state index in [4.69, 9.17) is 0 Å². The van der Waals surface area contributed by atoms with Crippen LogP contribution >= 0.6 is 15.9 Å². The molecule has 1 saturated carbocycles. The summed E-state index contributed by atoms with van der Waals surface area (Å²) in [4.78, 5) is 4.24. The molecular formula is C8H11BrN4. The van der Waals surface area contributed by atoms with Gasteiger partial charge in [-0.3, -0.25) is 0 Å². The lowest BCUT2D eigenvalue weighted by Crippen LogP contribution is -2.08. The van der Waals surface area contributed by atoms with E-state index in [0.29, 0.717) is 10.6 Å². The van der Waals surface area contributed by atoms with E-state index in [1.807, 2.05) is 6.92 Å². The lowest BCUT2D eigenvalue weighted by Gasteiger charge is -2.03. The van der Waals surface area contributed by atoms with Gasteiger partial charge >= 0.3 is 0 Å². The summed E-state index contributed by atoms with van der Waals surface area (Å²) in [5.74, 6) is 1.46. The molecule has 1 aromatic heterocycles. The third-order valence-electron chi connectivity index (χ3n) is 2.05. The van der Waals surface area contributed by atoms with E-state index in [-0.39, 0.29) is 0 Å². The quantitative estimate of drug-likeness (QED) is 0.878. The van der Waals surface area contributed by atoms with E-state index in [2.05, 4.69) is 36.4 Å². The van der Waals surface area contributed by atoms with Crippen molar-refractivity contribution >= 4 is 21.9 Å². The van der Waals surface area contributed by atoms with Gasteiger partial charge < -0.3 is 5.32 Å². The molecule has 5 heteroatoms. The zero-order chi connectivity index (χ0) is 9.26. The molecule has 70 valence electrons. The lowest BCUT2D eigenvalue weighted by molar-refractivity contribution is 0.844. The van der Waals surface area contributed by atoms with Gasteiger partial charge in [-0.05, 0) is 41.6 Å². The number of hydrogen-bond acceptors (Lipinski definition) is 4. The Morgan fingerprint density at radius 2 is 2.23 bits per heavy atom. The predicted molar refractivity (Wildman–Crippen MR) is 53.5 cm³/mol. The van der Waals surface area contributed by atoms with Crippen molar-refractivity contribution in [1.29, 1.82) is 0 Å². The van der Waals surface area contributed by atoms with Crippen molar-refractivity contribution in [1.82, 2.24) is 15.2 Å². The first kappa shape index (κ1) is 8.87. The van der Waals surface area contributed by atoms with Crippen molar-refractivity contribution in [2.75, 3.05) is 11.9 Å². The maximum Gasteiger partial charge on any atom is 0.243 e. The minimum Gasteiger partial charge on any atom is -0.353 e. The van der Waals surface area contributed by atoms with Gasteiger partial charge in [-0.25, -0.2) is 4.98 Å². The van der Waals surface area contributed by atoms with E-state index in [1.54, 1.807) is 0 Å². The number of hydrogen-bond donors (Lipinski definition) is 1. The Morgan fingerprint density at radius 1 is 1.46 bits per heavy atom. The highest BCUT2D eigenvalue weighted by atomic mass is 79.9. The van der Waals surface area contributed by atoms with Crippen molar-refractivity contribution in [2.24, 2.45) is 5.92 Å². The summed E-state index contributed by atoms with van der Waals surface area (Å²) in [6.45, 7) is 2.88. The number of rotatable bonds is 3. The van der Waals surface area contributed by atoms with Gasteiger partial charge in [0.05, 0.1) is 5.69 Å². The Labute approximate surface area is 85.3 Å². The number of anilines is 1. The van der Waals surface area contributed by atoms with Gasteiger partial charge in [0.15, 0.2) is 0 Å². The van der Waals surface area contributed by atoms with Gasteiger partial charge in [-0.15, -0.1) is 10.2 Å². The van der Waals surface area contributed by atoms with Crippen molar-refractivity contribution < 1.29 is 0 Å². The van der Waals surface area contributed by atoms with Crippen LogP contribution < -0.4 is 5.32 Å². The zero-order valence-electron chi connectivity index (χ0n) is 7.42. The van der Waals surface area contributed by atoms with E-state index in [1.165, 1.54) is 12.8 Å². The van der Waals surface area contributed by atoms with Gasteiger partial charge in [0.2, 0.25) is 5.95 Å². The summed E-state index contributed by atoms with van der Waals surface area (Å²) in [6, 6.07) is 0. The molecule has 0 atom stereocenters. The first-order valence-corrected chi connectivity index (χ1v) is 5.15. The highest BCUT2D eigenvalue weighted by Gasteiger charge is 2.21. The second kappa shape index (κ2) is 3.57. The average molecular weight is 243 g/mol. The maximum absolute atomic E-state index is 4.24. The molecule has 4 nitrogen and oxygen atoms in total. The number of nitrogens with one attached hydrogen (secondary N) is 1. The van der Waals surface area contributed by atoms with E-state index in [0.717, 1.165) is 18.2 Å². The van der Waals surface area contributed by atoms with Gasteiger partial charge in [0.25, 0.3) is 0 Å². The largest absolute Gasteiger partial charge is 0.353 e. The number of aromatic nitrogens is 3. The van der Waals surface area contributed by atoms with Crippen LogP contribution in [0.1, 0.15) is 18.5 Å². The first-order chi connectivity index (χ1) is 6.25. The van der Waals surface area contributed by atoms with Crippen LogP contribution in [0, 0.1) is 12.8 Å². The summed E-state index contributed by atoms with van der Waals surface area (Å²) in [7, 11) is 0. The normalized spacial score (nSPS) is 15.8. The molecule has 0 saturated heterocycles. The fraction of sp³-hybridized carbons (Fsp3) is 0.625. The molecule has 0 aliphatic heterocycles. The Balaban J connectivity index is 1.98. The Hall–Kier alpha value is -0.710. The van der Waals surface area contributed by atoms with Crippen LogP contribution in [0.2, 0.25) is 0 Å². The van der Waals surface area contributed by atoms with E-state index in [9.17, 15) is 0 Å². The second-order valence-electron chi connectivity index (χ2n) is 3.34. The average Bonchev–Trinajstić information content (AvgIpc) is 2.91. The summed E-state index contributed by atoms with van der Waals surface area (Å²) < 4.78 is 0.712. The number of nitrogens with zero attached hydrogens (tertiary/aromatic N) is 3. The van der Waals surface area contributed by atoms with Gasteiger partial charge in [-0.2, -0.15) is 0 Å². The molecule has 0 radical (unpaired) electrons. The second-order valence-corrected chi connectivity index (χ2v) is 4.09. The summed E-state index contributed by atoms with van der Waals surface area (Å²) in [6.07, 6.45) is 2.66. The third-order valence-corrected chi connectivity index (χ3v) is 2.78. The Kier molecular flexibility index (Phi) is 2.44. The van der Waals surface area contributed by atoms with Crippen LogP contribution in [0.15, 0.2) is 4.60 Å². The number of halogens is 1. The first-order valence-electron chi connectivity index (χ1n) is 4.36. The van der Waals surface area contributed by atoms with Crippen molar-refractivity contribution in [2.45, 2.75) is 19.8 Å². The molecule has 1 N–H and O–H groups in total. The predicted octanol–water partition coefficient (Wildman–Crippen LogP) is 1.76. The SMILES string of the molecule is Cc1nc(NCC2CC2)nnc1Br. The topological polar surface area (TPSA) is 50.7 Å². The Bertz CT molecular complexity index is 311. The molecule has 0 unspecified atom stereocenters. The highest BCUT2D eigenvalue weighted by Crippen LogP contribution is 2.28. The minimum absolute atomic E-state index is 0.632. The summed E-state index contributed by atoms with van der Waals surface area (Å²) in [5.41, 5.74) is 0.869. The molecular weight excluding hydrogens is 232 g/mol. The molecule has 13 heavy (non-hydrogen) atoms. The van der Waals surface area contributed by atoms with Crippen LogP contribution in [0.3, 0.4) is 0 Å². The van der Waals surface area contributed by atoms with Crippen LogP contribution in [0.25, 0.3) is 0 Å². The Morgan fingerprint density at radius 3 is 2.85 bits per heavy atom. The van der Waals surface area contributed by atoms with Gasteiger partial charge in [0.1, 0.15) is 4.60 Å². The van der Waals surface area contributed by atoms with Gasteiger partial charge in [-0.1, -0.05) is 0 Å². The molecule has 1 heterocycles. The van der Waals surface area contributed by atoms with Crippen molar-refractivity contribution in [3.8, 4) is 0 Å². The monoisotopic (exact) mass is 242 g/mol. The summed E-state index contributed by atoms with van der Waals surface area (Å²) in [5, 5.41) is 11.0. The van der Waals surface area contributed by atoms with E-state index < -0.39 is 0 Å². The minimum atomic E-state index is 0.632. The highest BCUT2D eigenvalue weighted by molar-refractivity contribution is 9.10. The smallest absolute Gasteiger partial charge is 0.243 e. The van der Waals surface area contributed by atoms with Crippen LogP contribution in [0.5, 0.6) is 0 Å². The van der Waals surface area contributed by atoms with Crippen molar-refractivity contribution in [3.63, 3.8) is 0 Å². The third kappa shape index (κ3) is 2.37. The van der Waals surface area contributed by atoms with Crippen LogP contribution in [0.4, 0.5) is 5.95 Å². The maximum atomic E-state index is 4.24.